The van der Waals surface area contributed by atoms with Crippen molar-refractivity contribution < 1.29 is 13.5 Å². The van der Waals surface area contributed by atoms with E-state index in [4.69, 9.17) is 10.00 Å². The van der Waals surface area contributed by atoms with Crippen LogP contribution in [0.15, 0.2) is 48.3 Å². The van der Waals surface area contributed by atoms with Gasteiger partial charge in [0.1, 0.15) is 11.9 Å². The fourth-order valence-electron chi connectivity index (χ4n) is 4.87. The maximum Gasteiger partial charge on any atom is 0.199 e. The smallest absolute Gasteiger partial charge is 0.199 e. The number of halogens is 2. The molecular weight excluding hydrogens is 380 g/mol. The first kappa shape index (κ1) is 22.7. The van der Waals surface area contributed by atoms with Gasteiger partial charge < -0.3 is 4.74 Å². The first-order valence-corrected chi connectivity index (χ1v) is 11.4. The zero-order valence-electron chi connectivity index (χ0n) is 17.7. The van der Waals surface area contributed by atoms with Gasteiger partial charge in [0.25, 0.3) is 0 Å². The predicted octanol–water partition coefficient (Wildman–Crippen LogP) is 7.39. The Hall–Kier alpha value is -1.99. The van der Waals surface area contributed by atoms with Crippen molar-refractivity contribution in [3.05, 3.63) is 59.7 Å². The third-order valence-corrected chi connectivity index (χ3v) is 6.78. The number of ether oxygens (including phenoxy) is 1. The molecule has 0 spiro atoms. The fourth-order valence-corrected chi connectivity index (χ4v) is 4.87. The summed E-state index contributed by atoms with van der Waals surface area (Å²) in [6, 6.07) is 8.49. The Labute approximate surface area is 179 Å². The van der Waals surface area contributed by atoms with Gasteiger partial charge in [-0.1, -0.05) is 24.3 Å². The van der Waals surface area contributed by atoms with Crippen LogP contribution in [0.2, 0.25) is 0 Å². The summed E-state index contributed by atoms with van der Waals surface area (Å²) >= 11 is 0. The van der Waals surface area contributed by atoms with Crippen LogP contribution >= 0.6 is 0 Å². The summed E-state index contributed by atoms with van der Waals surface area (Å²) in [5.41, 5.74) is 1.27. The van der Waals surface area contributed by atoms with Crippen molar-refractivity contribution >= 4 is 0 Å². The second-order valence-electron chi connectivity index (χ2n) is 8.88. The third-order valence-electron chi connectivity index (χ3n) is 6.78. The number of nitriles is 1. The number of allylic oxidation sites excluding steroid dienone is 4. The van der Waals surface area contributed by atoms with E-state index in [1.165, 1.54) is 56.2 Å². The molecule has 0 bridgehead atoms. The molecule has 2 aliphatic rings. The van der Waals surface area contributed by atoms with Gasteiger partial charge in [0.05, 0.1) is 6.10 Å². The van der Waals surface area contributed by atoms with Crippen LogP contribution in [0, 0.1) is 29.0 Å². The Balaban J connectivity index is 1.27. The van der Waals surface area contributed by atoms with Crippen molar-refractivity contribution in [2.45, 2.75) is 76.2 Å². The van der Waals surface area contributed by atoms with Crippen LogP contribution < -0.4 is 0 Å². The molecule has 3 rings (SSSR count). The highest BCUT2D eigenvalue weighted by atomic mass is 19.1. The summed E-state index contributed by atoms with van der Waals surface area (Å²) in [4.78, 5) is 0. The Kier molecular flexibility index (Phi) is 9.08. The van der Waals surface area contributed by atoms with Crippen molar-refractivity contribution in [3.63, 3.8) is 0 Å². The first-order chi connectivity index (χ1) is 14.6. The molecule has 0 heterocycles. The number of hydrogen-bond donors (Lipinski definition) is 0. The number of nitrogens with zero attached hydrogens (tertiary/aromatic N) is 1. The molecular formula is C26H33F2NO. The molecule has 4 heteroatoms. The molecule has 0 amide bonds. The van der Waals surface area contributed by atoms with Crippen LogP contribution in [-0.4, -0.2) is 12.7 Å². The number of hydrogen-bond acceptors (Lipinski definition) is 2. The highest BCUT2D eigenvalue weighted by Gasteiger charge is 2.25. The molecule has 0 aliphatic heterocycles. The Bertz CT molecular complexity index is 733. The molecule has 0 saturated heterocycles. The van der Waals surface area contributed by atoms with E-state index in [1.54, 1.807) is 18.2 Å². The summed E-state index contributed by atoms with van der Waals surface area (Å²) in [5.74, 6) is 1.05. The van der Waals surface area contributed by atoms with Gasteiger partial charge in [-0.05, 0) is 106 Å². The molecule has 2 nitrogen and oxygen atoms in total. The minimum atomic E-state index is -0.743. The van der Waals surface area contributed by atoms with E-state index in [0.29, 0.717) is 17.9 Å². The molecule has 0 radical (unpaired) electrons. The van der Waals surface area contributed by atoms with E-state index in [1.807, 2.05) is 18.2 Å². The average Bonchev–Trinajstić information content (AvgIpc) is 2.79. The molecule has 30 heavy (non-hydrogen) atoms. The van der Waals surface area contributed by atoms with E-state index in [9.17, 15) is 8.78 Å². The third kappa shape index (κ3) is 7.36. The van der Waals surface area contributed by atoms with Crippen LogP contribution in [-0.2, 0) is 4.74 Å². The summed E-state index contributed by atoms with van der Waals surface area (Å²) in [7, 11) is 0. The zero-order valence-corrected chi connectivity index (χ0v) is 17.7. The first-order valence-electron chi connectivity index (χ1n) is 11.4. The lowest BCUT2D eigenvalue weighted by Crippen LogP contribution is -2.25. The van der Waals surface area contributed by atoms with E-state index in [0.717, 1.165) is 38.2 Å². The lowest BCUT2D eigenvalue weighted by molar-refractivity contribution is -0.00824. The van der Waals surface area contributed by atoms with E-state index < -0.39 is 5.83 Å². The monoisotopic (exact) mass is 413 g/mol. The second-order valence-corrected chi connectivity index (χ2v) is 8.88. The van der Waals surface area contributed by atoms with Gasteiger partial charge in [0.15, 0.2) is 5.83 Å². The van der Waals surface area contributed by atoms with Crippen molar-refractivity contribution in [1.82, 2.24) is 0 Å². The Morgan fingerprint density at radius 2 is 1.67 bits per heavy atom. The SMILES string of the molecule is N#C/C(F)=C/C=C/CC[C@H]1CC[C@H](OC[C@H]2CC[C@H](c3ccc(F)cc3)CC2)CC1. The number of rotatable bonds is 8. The lowest BCUT2D eigenvalue weighted by Gasteiger charge is -2.32. The van der Waals surface area contributed by atoms with Crippen LogP contribution in [0.25, 0.3) is 0 Å². The minimum Gasteiger partial charge on any atom is -0.378 e. The van der Waals surface area contributed by atoms with Crippen molar-refractivity contribution in [2.75, 3.05) is 6.61 Å². The van der Waals surface area contributed by atoms with Gasteiger partial charge in [0.2, 0.25) is 0 Å². The lowest BCUT2D eigenvalue weighted by atomic mass is 9.79. The van der Waals surface area contributed by atoms with E-state index in [-0.39, 0.29) is 5.82 Å². The average molecular weight is 414 g/mol. The van der Waals surface area contributed by atoms with Gasteiger partial charge in [-0.15, -0.1) is 0 Å². The van der Waals surface area contributed by atoms with Gasteiger partial charge in [-0.3, -0.25) is 0 Å². The summed E-state index contributed by atoms with van der Waals surface area (Å²) in [6.45, 7) is 0.880. The standard InChI is InChI=1S/C26H33F2NO/c27-24-14-12-23(13-15-24)22-10-6-21(7-11-22)19-30-26-16-8-20(9-17-26)4-2-1-3-5-25(28)18-29/h1,3,5,12-15,20-22,26H,2,4,6-11,16-17,19H2/b3-1+,25-5-/t20-,21-,22-,26-. The quantitative estimate of drug-likeness (QED) is 0.329. The molecule has 2 aliphatic carbocycles. The van der Waals surface area contributed by atoms with E-state index >= 15 is 0 Å². The van der Waals surface area contributed by atoms with Gasteiger partial charge in [0, 0.05) is 6.61 Å². The van der Waals surface area contributed by atoms with Gasteiger partial charge in [-0.25, -0.2) is 4.39 Å². The second kappa shape index (κ2) is 12.0. The topological polar surface area (TPSA) is 33.0 Å². The summed E-state index contributed by atoms with van der Waals surface area (Å²) in [5, 5.41) is 8.36. The molecule has 162 valence electrons. The zero-order chi connectivity index (χ0) is 21.2. The van der Waals surface area contributed by atoms with Crippen LogP contribution in [0.5, 0.6) is 0 Å². The van der Waals surface area contributed by atoms with Crippen molar-refractivity contribution in [2.24, 2.45) is 11.8 Å². The van der Waals surface area contributed by atoms with Crippen molar-refractivity contribution in [3.8, 4) is 6.07 Å². The highest BCUT2D eigenvalue weighted by Crippen LogP contribution is 2.37. The molecule has 0 aromatic heterocycles. The highest BCUT2D eigenvalue weighted by molar-refractivity contribution is 5.21. The van der Waals surface area contributed by atoms with Crippen LogP contribution in [0.4, 0.5) is 8.78 Å². The summed E-state index contributed by atoms with van der Waals surface area (Å²) in [6.07, 6.45) is 16.7. The fraction of sp³-hybridized carbons (Fsp3) is 0.577. The molecule has 1 aromatic rings. The predicted molar refractivity (Wildman–Crippen MR) is 116 cm³/mol. The molecule has 2 fully saturated rings. The van der Waals surface area contributed by atoms with Crippen molar-refractivity contribution in [1.29, 1.82) is 5.26 Å². The number of benzene rings is 1. The van der Waals surface area contributed by atoms with Gasteiger partial charge in [-0.2, -0.15) is 9.65 Å². The van der Waals surface area contributed by atoms with Crippen LogP contribution in [0.3, 0.4) is 0 Å². The largest absolute Gasteiger partial charge is 0.378 e. The van der Waals surface area contributed by atoms with Gasteiger partial charge >= 0.3 is 0 Å². The minimum absolute atomic E-state index is 0.157. The van der Waals surface area contributed by atoms with E-state index in [2.05, 4.69) is 0 Å². The van der Waals surface area contributed by atoms with Crippen LogP contribution in [0.1, 0.15) is 75.7 Å². The molecule has 0 atom stereocenters. The Morgan fingerprint density at radius 1 is 1.00 bits per heavy atom. The Morgan fingerprint density at radius 3 is 2.33 bits per heavy atom. The molecule has 0 unspecified atom stereocenters. The normalized spacial score (nSPS) is 27.8. The maximum absolute atomic E-state index is 13.1. The molecule has 2 saturated carbocycles. The molecule has 1 aromatic carbocycles. The molecule has 0 N–H and O–H groups in total. The maximum atomic E-state index is 13.1. The summed E-state index contributed by atoms with van der Waals surface area (Å²) < 4.78 is 32.1.